The lowest BCUT2D eigenvalue weighted by atomic mass is 10.2. The van der Waals surface area contributed by atoms with Crippen LogP contribution in [-0.2, 0) is 26.2 Å². The minimum absolute atomic E-state index is 0.0758. The summed E-state index contributed by atoms with van der Waals surface area (Å²) in [6.07, 6.45) is 2.95. The van der Waals surface area contributed by atoms with E-state index in [1.165, 1.54) is 24.6 Å². The van der Waals surface area contributed by atoms with Crippen molar-refractivity contribution in [3.63, 3.8) is 0 Å². The number of anilines is 1. The monoisotopic (exact) mass is 560 g/mol. The lowest BCUT2D eigenvalue weighted by Gasteiger charge is -2.25. The molecule has 206 valence electrons. The number of hydrazone groups is 1. The van der Waals surface area contributed by atoms with E-state index in [0.29, 0.717) is 28.3 Å². The highest BCUT2D eigenvalue weighted by Crippen LogP contribution is 2.26. The molecule has 0 bridgehead atoms. The Balaban J connectivity index is 1.33. The Bertz CT molecular complexity index is 1550. The summed E-state index contributed by atoms with van der Waals surface area (Å²) in [5.74, 6) is 0.220. The zero-order valence-electron chi connectivity index (χ0n) is 21.7. The van der Waals surface area contributed by atoms with E-state index < -0.39 is 22.5 Å². The Morgan fingerprint density at radius 2 is 1.65 bits per heavy atom. The van der Waals surface area contributed by atoms with Crippen LogP contribution in [0.15, 0.2) is 112 Å². The molecular formula is C29H28N4O6S. The van der Waals surface area contributed by atoms with E-state index in [-0.39, 0.29) is 24.0 Å². The van der Waals surface area contributed by atoms with Crippen LogP contribution in [-0.4, -0.2) is 39.6 Å². The van der Waals surface area contributed by atoms with Gasteiger partial charge >= 0.3 is 0 Å². The summed E-state index contributed by atoms with van der Waals surface area (Å²) in [6, 6.07) is 25.1. The highest BCUT2D eigenvalue weighted by molar-refractivity contribution is 7.92. The summed E-state index contributed by atoms with van der Waals surface area (Å²) in [6.45, 7) is 1.43. The molecule has 4 aromatic rings. The largest absolute Gasteiger partial charge is 0.484 e. The van der Waals surface area contributed by atoms with Crippen molar-refractivity contribution in [3.8, 4) is 5.75 Å². The number of hydrogen-bond acceptors (Lipinski definition) is 7. The summed E-state index contributed by atoms with van der Waals surface area (Å²) >= 11 is 0. The number of para-hydroxylation sites is 1. The van der Waals surface area contributed by atoms with E-state index in [1.54, 1.807) is 85.8 Å². The predicted octanol–water partition coefficient (Wildman–Crippen LogP) is 3.63. The predicted molar refractivity (Wildman–Crippen MR) is 150 cm³/mol. The minimum atomic E-state index is -4.01. The maximum absolute atomic E-state index is 13.4. The number of aryl methyl sites for hydroxylation is 1. The molecule has 3 aromatic carbocycles. The van der Waals surface area contributed by atoms with Gasteiger partial charge in [-0.15, -0.1) is 0 Å². The van der Waals surface area contributed by atoms with Gasteiger partial charge in [-0.2, -0.15) is 5.10 Å². The van der Waals surface area contributed by atoms with Crippen molar-refractivity contribution in [2.45, 2.75) is 18.4 Å². The number of nitrogens with one attached hydrogen (secondary N) is 2. The Labute approximate surface area is 232 Å². The van der Waals surface area contributed by atoms with Gasteiger partial charge in [0.2, 0.25) is 0 Å². The van der Waals surface area contributed by atoms with Gasteiger partial charge in [-0.1, -0.05) is 36.4 Å². The molecule has 0 fully saturated rings. The van der Waals surface area contributed by atoms with Crippen LogP contribution in [0.25, 0.3) is 0 Å². The van der Waals surface area contributed by atoms with Gasteiger partial charge in [0, 0.05) is 0 Å². The maximum Gasteiger partial charge on any atom is 0.264 e. The van der Waals surface area contributed by atoms with Crippen molar-refractivity contribution < 1.29 is 27.2 Å². The van der Waals surface area contributed by atoms with E-state index in [2.05, 4.69) is 15.8 Å². The molecule has 0 spiro atoms. The second-order valence-electron chi connectivity index (χ2n) is 8.62. The van der Waals surface area contributed by atoms with Crippen LogP contribution in [0.3, 0.4) is 0 Å². The van der Waals surface area contributed by atoms with E-state index >= 15 is 0 Å². The molecule has 0 aliphatic carbocycles. The number of furan rings is 1. The zero-order valence-corrected chi connectivity index (χ0v) is 22.5. The Morgan fingerprint density at radius 3 is 2.35 bits per heavy atom. The topological polar surface area (TPSA) is 130 Å². The average Bonchev–Trinajstić information content (AvgIpc) is 3.49. The molecule has 1 aromatic heterocycles. The number of benzene rings is 3. The lowest BCUT2D eigenvalue weighted by Crippen LogP contribution is -2.40. The molecule has 4 rings (SSSR count). The minimum Gasteiger partial charge on any atom is -0.484 e. The van der Waals surface area contributed by atoms with Crippen molar-refractivity contribution in [3.05, 3.63) is 114 Å². The molecule has 0 atom stereocenters. The quantitative estimate of drug-likeness (QED) is 0.201. The standard InChI is InChI=1S/C29H28N4O6S/c1-22-8-5-6-12-27(22)33(40(36,37)26-10-3-2-4-11-26)20-28(34)32-31-18-23-13-15-24(16-14-23)39-21-29(35)30-19-25-9-7-17-38-25/h2-18H,19-21H2,1H3,(H,30,35)(H,32,34)/b31-18+. The summed E-state index contributed by atoms with van der Waals surface area (Å²) in [5, 5.41) is 6.65. The van der Waals surface area contributed by atoms with Crippen LogP contribution in [0, 0.1) is 6.92 Å². The molecule has 0 radical (unpaired) electrons. The van der Waals surface area contributed by atoms with Crippen LogP contribution in [0.5, 0.6) is 5.75 Å². The fourth-order valence-electron chi connectivity index (χ4n) is 3.66. The number of carbonyl (C=O) groups excluding carboxylic acids is 2. The first-order valence-corrected chi connectivity index (χ1v) is 13.7. The van der Waals surface area contributed by atoms with Gasteiger partial charge in [0.15, 0.2) is 6.61 Å². The number of amides is 2. The number of ether oxygens (including phenoxy) is 1. The van der Waals surface area contributed by atoms with Crippen LogP contribution in [0.1, 0.15) is 16.9 Å². The molecule has 0 saturated carbocycles. The van der Waals surface area contributed by atoms with Crippen molar-refractivity contribution in [1.82, 2.24) is 10.7 Å². The molecule has 0 aliphatic heterocycles. The molecule has 40 heavy (non-hydrogen) atoms. The molecule has 2 amide bonds. The fraction of sp³-hybridized carbons (Fsp3) is 0.138. The van der Waals surface area contributed by atoms with Crippen molar-refractivity contribution in [2.24, 2.45) is 5.10 Å². The number of nitrogens with zero attached hydrogens (tertiary/aromatic N) is 2. The molecular weight excluding hydrogens is 532 g/mol. The molecule has 1 heterocycles. The van der Waals surface area contributed by atoms with Crippen LogP contribution < -0.4 is 19.8 Å². The average molecular weight is 561 g/mol. The second kappa shape index (κ2) is 13.3. The van der Waals surface area contributed by atoms with Crippen molar-refractivity contribution in [1.29, 1.82) is 0 Å². The lowest BCUT2D eigenvalue weighted by molar-refractivity contribution is -0.123. The van der Waals surface area contributed by atoms with E-state index in [9.17, 15) is 18.0 Å². The summed E-state index contributed by atoms with van der Waals surface area (Å²) in [7, 11) is -4.01. The SMILES string of the molecule is Cc1ccccc1N(CC(=O)N/N=C/c1ccc(OCC(=O)NCc2ccco2)cc1)S(=O)(=O)c1ccccc1. The Morgan fingerprint density at radius 1 is 0.925 bits per heavy atom. The summed E-state index contributed by atoms with van der Waals surface area (Å²) in [4.78, 5) is 24.8. The Kier molecular flexibility index (Phi) is 9.31. The fourth-order valence-corrected chi connectivity index (χ4v) is 5.16. The highest BCUT2D eigenvalue weighted by Gasteiger charge is 2.28. The van der Waals surface area contributed by atoms with E-state index in [1.807, 2.05) is 0 Å². The number of rotatable bonds is 12. The number of carbonyl (C=O) groups is 2. The van der Waals surface area contributed by atoms with Gasteiger partial charge < -0.3 is 14.5 Å². The van der Waals surface area contributed by atoms with Crippen LogP contribution in [0.4, 0.5) is 5.69 Å². The van der Waals surface area contributed by atoms with Gasteiger partial charge in [-0.05, 0) is 72.6 Å². The molecule has 11 heteroatoms. The molecule has 0 unspecified atom stereocenters. The van der Waals surface area contributed by atoms with E-state index in [4.69, 9.17) is 9.15 Å². The molecule has 0 saturated heterocycles. The zero-order chi connectivity index (χ0) is 28.4. The Hall–Kier alpha value is -4.90. The van der Waals surface area contributed by atoms with Gasteiger partial charge in [0.05, 0.1) is 29.6 Å². The van der Waals surface area contributed by atoms with E-state index in [0.717, 1.165) is 4.31 Å². The first-order chi connectivity index (χ1) is 19.3. The first-order valence-electron chi connectivity index (χ1n) is 12.3. The molecule has 0 aliphatic rings. The summed E-state index contributed by atoms with van der Waals surface area (Å²) < 4.78 is 38.5. The van der Waals surface area contributed by atoms with Gasteiger partial charge in [-0.25, -0.2) is 13.8 Å². The second-order valence-corrected chi connectivity index (χ2v) is 10.5. The third-order valence-corrected chi connectivity index (χ3v) is 7.47. The molecule has 10 nitrogen and oxygen atoms in total. The maximum atomic E-state index is 13.4. The third kappa shape index (κ3) is 7.58. The number of hydrogen-bond donors (Lipinski definition) is 2. The number of sulfonamides is 1. The van der Waals surface area contributed by atoms with Gasteiger partial charge in [0.25, 0.3) is 21.8 Å². The van der Waals surface area contributed by atoms with Gasteiger partial charge in [-0.3, -0.25) is 13.9 Å². The van der Waals surface area contributed by atoms with Crippen LogP contribution in [0.2, 0.25) is 0 Å². The third-order valence-electron chi connectivity index (χ3n) is 5.70. The van der Waals surface area contributed by atoms with Gasteiger partial charge in [0.1, 0.15) is 18.1 Å². The molecule has 2 N–H and O–H groups in total. The van der Waals surface area contributed by atoms with Crippen molar-refractivity contribution in [2.75, 3.05) is 17.5 Å². The first kappa shape index (κ1) is 28.1. The van der Waals surface area contributed by atoms with Crippen LogP contribution >= 0.6 is 0 Å². The highest BCUT2D eigenvalue weighted by atomic mass is 32.2. The summed E-state index contributed by atoms with van der Waals surface area (Å²) in [5.41, 5.74) is 4.15. The van der Waals surface area contributed by atoms with Crippen molar-refractivity contribution >= 4 is 33.7 Å². The normalized spacial score (nSPS) is 11.2. The smallest absolute Gasteiger partial charge is 0.264 e.